The molecule has 1 atom stereocenters. The summed E-state index contributed by atoms with van der Waals surface area (Å²) in [7, 11) is 0. The number of alkyl halides is 3. The van der Waals surface area contributed by atoms with E-state index >= 15 is 0 Å². The van der Waals surface area contributed by atoms with Crippen molar-refractivity contribution in [1.82, 2.24) is 5.32 Å². The summed E-state index contributed by atoms with van der Waals surface area (Å²) in [6.07, 6.45) is -0.264. The van der Waals surface area contributed by atoms with E-state index < -0.39 is 21.6 Å². The second-order valence-electron chi connectivity index (χ2n) is 5.31. The van der Waals surface area contributed by atoms with Gasteiger partial charge in [0.15, 0.2) is 5.78 Å². The van der Waals surface area contributed by atoms with Crippen LogP contribution in [0, 0.1) is 0 Å². The van der Waals surface area contributed by atoms with Crippen LogP contribution in [0.5, 0.6) is 0 Å². The molecule has 0 saturated carbocycles. The lowest BCUT2D eigenvalue weighted by atomic mass is 10.0. The number of hydrogen-bond acceptors (Lipinski definition) is 2. The van der Waals surface area contributed by atoms with Crippen LogP contribution in [-0.4, -0.2) is 21.6 Å². The van der Waals surface area contributed by atoms with Crippen LogP contribution in [0.2, 0.25) is 10.0 Å². The Bertz CT molecular complexity index is 793. The van der Waals surface area contributed by atoms with Crippen molar-refractivity contribution < 1.29 is 9.59 Å². The number of Topliss-reactive ketones (excluding diaryl/α,β-unsaturated/α-hetero) is 1. The standard InChI is InChI=1S/C17H13Cl5N2O2/c18-10-6-7-12(13(19)8-10)14(25)9-15(17(20,21)22)24-16(26)23-11-4-2-1-3-5-11/h1-8,15H,9H2,(H2,23,24,26). The normalized spacial score (nSPS) is 12.3. The van der Waals surface area contributed by atoms with Crippen LogP contribution in [0.15, 0.2) is 48.5 Å². The van der Waals surface area contributed by atoms with Gasteiger partial charge in [-0.25, -0.2) is 4.79 Å². The highest BCUT2D eigenvalue weighted by Crippen LogP contribution is 2.33. The summed E-state index contributed by atoms with van der Waals surface area (Å²) in [5.41, 5.74) is 0.778. The first-order chi connectivity index (χ1) is 12.2. The van der Waals surface area contributed by atoms with Crippen LogP contribution < -0.4 is 10.6 Å². The van der Waals surface area contributed by atoms with Gasteiger partial charge in [-0.05, 0) is 30.3 Å². The zero-order chi connectivity index (χ0) is 19.3. The summed E-state index contributed by atoms with van der Waals surface area (Å²) in [5, 5.41) is 5.67. The van der Waals surface area contributed by atoms with Gasteiger partial charge in [-0.2, -0.15) is 0 Å². The van der Waals surface area contributed by atoms with Gasteiger partial charge in [-0.1, -0.05) is 76.2 Å². The fraction of sp³-hybridized carbons (Fsp3) is 0.176. The van der Waals surface area contributed by atoms with E-state index in [0.717, 1.165) is 0 Å². The molecule has 0 aliphatic heterocycles. The molecule has 0 bridgehead atoms. The Morgan fingerprint density at radius 3 is 2.23 bits per heavy atom. The number of carbonyl (C=O) groups excluding carboxylic acids is 2. The molecule has 2 amide bonds. The molecule has 138 valence electrons. The molecule has 0 fully saturated rings. The Morgan fingerprint density at radius 2 is 1.65 bits per heavy atom. The van der Waals surface area contributed by atoms with Crippen molar-refractivity contribution >= 4 is 75.5 Å². The number of ketones is 1. The molecule has 0 aliphatic rings. The van der Waals surface area contributed by atoms with E-state index in [4.69, 9.17) is 58.0 Å². The van der Waals surface area contributed by atoms with Crippen molar-refractivity contribution in [2.45, 2.75) is 16.3 Å². The fourth-order valence-corrected chi connectivity index (χ4v) is 3.02. The van der Waals surface area contributed by atoms with Crippen LogP contribution in [0.1, 0.15) is 16.8 Å². The van der Waals surface area contributed by atoms with Gasteiger partial charge in [0.25, 0.3) is 0 Å². The van der Waals surface area contributed by atoms with Gasteiger partial charge in [0.05, 0.1) is 11.1 Å². The third-order valence-electron chi connectivity index (χ3n) is 3.35. The predicted octanol–water partition coefficient (Wildman–Crippen LogP) is 6.13. The van der Waals surface area contributed by atoms with Crippen LogP contribution in [0.3, 0.4) is 0 Å². The maximum Gasteiger partial charge on any atom is 0.319 e. The van der Waals surface area contributed by atoms with Crippen LogP contribution in [0.25, 0.3) is 0 Å². The summed E-state index contributed by atoms with van der Waals surface area (Å²) in [5.74, 6) is -0.400. The molecule has 0 saturated heterocycles. The predicted molar refractivity (Wildman–Crippen MR) is 108 cm³/mol. The SMILES string of the molecule is O=C(Nc1ccccc1)NC(CC(=O)c1ccc(Cl)cc1Cl)C(Cl)(Cl)Cl. The van der Waals surface area contributed by atoms with Crippen molar-refractivity contribution in [2.24, 2.45) is 0 Å². The van der Waals surface area contributed by atoms with Crippen molar-refractivity contribution in [3.8, 4) is 0 Å². The second-order valence-corrected chi connectivity index (χ2v) is 8.52. The number of amides is 2. The molecule has 0 aliphatic carbocycles. The van der Waals surface area contributed by atoms with Crippen LogP contribution >= 0.6 is 58.0 Å². The lowest BCUT2D eigenvalue weighted by molar-refractivity contribution is 0.0971. The van der Waals surface area contributed by atoms with E-state index in [9.17, 15) is 9.59 Å². The minimum Gasteiger partial charge on any atom is -0.330 e. The Labute approximate surface area is 175 Å². The minimum atomic E-state index is -1.90. The van der Waals surface area contributed by atoms with Gasteiger partial charge in [0.1, 0.15) is 0 Å². The zero-order valence-electron chi connectivity index (χ0n) is 13.1. The Morgan fingerprint density at radius 1 is 1.00 bits per heavy atom. The Balaban J connectivity index is 2.10. The summed E-state index contributed by atoms with van der Waals surface area (Å²) in [6, 6.07) is 11.5. The van der Waals surface area contributed by atoms with Gasteiger partial charge in [0.2, 0.25) is 3.79 Å². The molecule has 2 aromatic carbocycles. The number of para-hydroxylation sites is 1. The molecule has 0 heterocycles. The summed E-state index contributed by atoms with van der Waals surface area (Å²) in [4.78, 5) is 24.6. The number of anilines is 1. The quantitative estimate of drug-likeness (QED) is 0.422. The Hall–Kier alpha value is -1.17. The van der Waals surface area contributed by atoms with Gasteiger partial charge < -0.3 is 10.6 Å². The third kappa shape index (κ3) is 6.22. The summed E-state index contributed by atoms with van der Waals surface area (Å²) >= 11 is 29.6. The maximum atomic E-state index is 12.5. The Kier molecular flexibility index (Phi) is 7.44. The number of halogens is 5. The molecule has 2 aromatic rings. The molecule has 9 heteroatoms. The van der Waals surface area contributed by atoms with E-state index in [1.165, 1.54) is 18.2 Å². The smallest absolute Gasteiger partial charge is 0.319 e. The minimum absolute atomic E-state index is 0.180. The third-order valence-corrected chi connectivity index (χ3v) is 4.69. The average Bonchev–Trinajstić information content (AvgIpc) is 2.54. The van der Waals surface area contributed by atoms with Crippen LogP contribution in [-0.2, 0) is 0 Å². The van der Waals surface area contributed by atoms with E-state index in [-0.39, 0.29) is 17.0 Å². The monoisotopic (exact) mass is 452 g/mol. The number of rotatable bonds is 5. The molecule has 26 heavy (non-hydrogen) atoms. The second kappa shape index (κ2) is 9.16. The summed E-state index contributed by atoms with van der Waals surface area (Å²) in [6.45, 7) is 0. The van der Waals surface area contributed by atoms with Gasteiger partial charge in [-0.3, -0.25) is 4.79 Å². The number of urea groups is 1. The van der Waals surface area contributed by atoms with E-state index in [0.29, 0.717) is 10.7 Å². The first kappa shape index (κ1) is 21.1. The first-order valence-corrected chi connectivity index (χ1v) is 9.23. The molecule has 4 nitrogen and oxygen atoms in total. The lowest BCUT2D eigenvalue weighted by Gasteiger charge is -2.25. The highest BCUT2D eigenvalue weighted by Gasteiger charge is 2.36. The van der Waals surface area contributed by atoms with Gasteiger partial charge in [-0.15, -0.1) is 0 Å². The lowest BCUT2D eigenvalue weighted by Crippen LogP contribution is -2.46. The largest absolute Gasteiger partial charge is 0.330 e. The van der Waals surface area contributed by atoms with E-state index in [1.807, 2.05) is 6.07 Å². The molecular formula is C17H13Cl5N2O2. The molecule has 2 N–H and O–H groups in total. The van der Waals surface area contributed by atoms with Gasteiger partial charge >= 0.3 is 6.03 Å². The number of hydrogen-bond donors (Lipinski definition) is 2. The van der Waals surface area contributed by atoms with E-state index in [2.05, 4.69) is 10.6 Å². The van der Waals surface area contributed by atoms with E-state index in [1.54, 1.807) is 24.3 Å². The number of benzene rings is 2. The average molecular weight is 455 g/mol. The zero-order valence-corrected chi connectivity index (χ0v) is 16.9. The molecule has 2 rings (SSSR count). The molecular weight excluding hydrogens is 441 g/mol. The van der Waals surface area contributed by atoms with Gasteiger partial charge in [0, 0.05) is 22.7 Å². The number of carbonyl (C=O) groups is 2. The maximum absolute atomic E-state index is 12.5. The number of nitrogens with one attached hydrogen (secondary N) is 2. The highest BCUT2D eigenvalue weighted by atomic mass is 35.6. The molecule has 1 unspecified atom stereocenters. The fourth-order valence-electron chi connectivity index (χ4n) is 2.11. The van der Waals surface area contributed by atoms with Crippen molar-refractivity contribution in [3.05, 3.63) is 64.1 Å². The molecule has 0 radical (unpaired) electrons. The summed E-state index contributed by atoms with van der Waals surface area (Å²) < 4.78 is -1.90. The highest BCUT2D eigenvalue weighted by molar-refractivity contribution is 6.68. The first-order valence-electron chi connectivity index (χ1n) is 7.34. The topological polar surface area (TPSA) is 58.2 Å². The van der Waals surface area contributed by atoms with Crippen LogP contribution in [0.4, 0.5) is 10.5 Å². The molecule has 0 aromatic heterocycles. The van der Waals surface area contributed by atoms with Crippen molar-refractivity contribution in [1.29, 1.82) is 0 Å². The van der Waals surface area contributed by atoms with Crippen molar-refractivity contribution in [3.63, 3.8) is 0 Å². The molecule has 0 spiro atoms. The van der Waals surface area contributed by atoms with Crippen molar-refractivity contribution in [2.75, 3.05) is 5.32 Å².